The molecule has 0 aliphatic heterocycles. The van der Waals surface area contributed by atoms with Crippen molar-refractivity contribution in [1.82, 2.24) is 14.5 Å². The molecule has 1 aliphatic rings. The zero-order valence-corrected chi connectivity index (χ0v) is 18.0. The van der Waals surface area contributed by atoms with Gasteiger partial charge in [-0.15, -0.1) is 0 Å². The molecule has 1 N–H and O–H groups in total. The lowest BCUT2D eigenvalue weighted by Gasteiger charge is -2.22. The number of nitrogens with one attached hydrogen (secondary N) is 1. The maximum absolute atomic E-state index is 12.8. The van der Waals surface area contributed by atoms with Crippen LogP contribution in [0, 0.1) is 10.1 Å². The highest BCUT2D eigenvalue weighted by atomic mass is 32.2. The number of carbonyl (C=O) groups is 1. The van der Waals surface area contributed by atoms with Gasteiger partial charge in [-0.05, 0) is 49.9 Å². The van der Waals surface area contributed by atoms with E-state index in [1.807, 2.05) is 18.2 Å². The van der Waals surface area contributed by atoms with Crippen molar-refractivity contribution in [3.05, 3.63) is 86.2 Å². The molecule has 4 rings (SSSR count). The Balaban J connectivity index is 1.49. The zero-order valence-electron chi connectivity index (χ0n) is 17.2. The van der Waals surface area contributed by atoms with Crippen molar-refractivity contribution in [2.24, 2.45) is 0 Å². The number of pyridine rings is 1. The smallest absolute Gasteiger partial charge is 0.325 e. The van der Waals surface area contributed by atoms with Crippen LogP contribution in [0.5, 0.6) is 0 Å². The number of amides is 1. The second-order valence-electron chi connectivity index (χ2n) is 7.38. The molecule has 9 nitrogen and oxygen atoms in total. The Hall–Kier alpha value is -3.53. The first-order valence-corrected chi connectivity index (χ1v) is 11.2. The van der Waals surface area contributed by atoms with Crippen LogP contribution in [0.3, 0.4) is 0 Å². The number of thioether (sulfide) groups is 1. The number of hydrogen-bond donors (Lipinski definition) is 1. The topological polar surface area (TPSA) is 120 Å². The van der Waals surface area contributed by atoms with Crippen LogP contribution < -0.4 is 11.0 Å². The normalized spacial score (nSPS) is 12.8. The Morgan fingerprint density at radius 1 is 1.16 bits per heavy atom. The number of nitrogens with zero attached hydrogens (tertiary/aromatic N) is 4. The Bertz CT molecular complexity index is 1200. The monoisotopic (exact) mass is 451 g/mol. The molecule has 0 radical (unpaired) electrons. The molecule has 2 heterocycles. The Morgan fingerprint density at radius 3 is 2.66 bits per heavy atom. The molecule has 32 heavy (non-hydrogen) atoms. The molecule has 1 aromatic carbocycles. The molecule has 2 aromatic heterocycles. The van der Waals surface area contributed by atoms with Gasteiger partial charge in [0.15, 0.2) is 0 Å². The number of fused-ring (bicyclic) bond motifs is 1. The summed E-state index contributed by atoms with van der Waals surface area (Å²) in [5, 5.41) is 14.1. The largest absolute Gasteiger partial charge is 0.349 e. The minimum absolute atomic E-state index is 0.0422. The van der Waals surface area contributed by atoms with Crippen molar-refractivity contribution >= 4 is 29.0 Å². The summed E-state index contributed by atoms with van der Waals surface area (Å²) in [4.78, 5) is 44.0. The summed E-state index contributed by atoms with van der Waals surface area (Å²) in [6.07, 6.45) is 5.33. The van der Waals surface area contributed by atoms with Gasteiger partial charge in [-0.2, -0.15) is 4.98 Å². The molecule has 3 aromatic rings. The standard InChI is InChI=1S/C22H21N5O4S/c28-20(24-15-8-10-17(11-9-15)27(30)31)14-32-21-18-6-1-2-7-19(18)26(22(29)25-21)13-16-5-3-4-12-23-16/h3-5,8-12H,1-2,6-7,13-14H2,(H,24,28). The van der Waals surface area contributed by atoms with Gasteiger partial charge >= 0.3 is 5.69 Å². The third-order valence-corrected chi connectivity index (χ3v) is 6.22. The van der Waals surface area contributed by atoms with Gasteiger partial charge in [0.05, 0.1) is 22.9 Å². The van der Waals surface area contributed by atoms with E-state index in [0.29, 0.717) is 17.3 Å². The van der Waals surface area contributed by atoms with Crippen LogP contribution in [-0.2, 0) is 24.2 Å². The summed E-state index contributed by atoms with van der Waals surface area (Å²) < 4.78 is 1.69. The lowest BCUT2D eigenvalue weighted by atomic mass is 9.97. The first-order chi connectivity index (χ1) is 15.5. The van der Waals surface area contributed by atoms with Crippen LogP contribution >= 0.6 is 11.8 Å². The van der Waals surface area contributed by atoms with Crippen molar-refractivity contribution in [2.75, 3.05) is 11.1 Å². The van der Waals surface area contributed by atoms with E-state index in [2.05, 4.69) is 15.3 Å². The lowest BCUT2D eigenvalue weighted by molar-refractivity contribution is -0.384. The summed E-state index contributed by atoms with van der Waals surface area (Å²) in [6.45, 7) is 0.376. The van der Waals surface area contributed by atoms with Gasteiger partial charge in [0, 0.05) is 35.3 Å². The van der Waals surface area contributed by atoms with Gasteiger partial charge in [0.2, 0.25) is 5.91 Å². The molecule has 0 unspecified atom stereocenters. The Kier molecular flexibility index (Phi) is 6.60. The molecule has 10 heteroatoms. The van der Waals surface area contributed by atoms with Crippen LogP contribution in [-0.4, -0.2) is 31.1 Å². The van der Waals surface area contributed by atoms with Gasteiger partial charge in [-0.25, -0.2) is 4.79 Å². The number of nitro groups is 1. The summed E-state index contributed by atoms with van der Waals surface area (Å²) >= 11 is 1.24. The Labute approximate surface area is 188 Å². The molecule has 1 amide bonds. The molecule has 1 aliphatic carbocycles. The van der Waals surface area contributed by atoms with Gasteiger partial charge in [0.1, 0.15) is 5.03 Å². The van der Waals surface area contributed by atoms with Crippen LogP contribution in [0.1, 0.15) is 29.8 Å². The molecule has 0 saturated carbocycles. The average Bonchev–Trinajstić information content (AvgIpc) is 2.81. The van der Waals surface area contributed by atoms with Crippen molar-refractivity contribution < 1.29 is 9.72 Å². The second kappa shape index (κ2) is 9.73. The number of anilines is 1. The minimum Gasteiger partial charge on any atom is -0.325 e. The van der Waals surface area contributed by atoms with Crippen molar-refractivity contribution in [2.45, 2.75) is 37.3 Å². The summed E-state index contributed by atoms with van der Waals surface area (Å²) in [7, 11) is 0. The predicted molar refractivity (Wildman–Crippen MR) is 121 cm³/mol. The van der Waals surface area contributed by atoms with Crippen LogP contribution in [0.2, 0.25) is 0 Å². The van der Waals surface area contributed by atoms with Gasteiger partial charge in [-0.1, -0.05) is 17.8 Å². The molecule has 0 spiro atoms. The highest BCUT2D eigenvalue weighted by Crippen LogP contribution is 2.29. The van der Waals surface area contributed by atoms with Gasteiger partial charge < -0.3 is 5.32 Å². The molecule has 0 fully saturated rings. The number of carbonyl (C=O) groups excluding carboxylic acids is 1. The number of nitro benzene ring substituents is 1. The van der Waals surface area contributed by atoms with E-state index < -0.39 is 4.92 Å². The fraction of sp³-hybridized carbons (Fsp3) is 0.273. The van der Waals surface area contributed by atoms with Crippen LogP contribution in [0.25, 0.3) is 0 Å². The third kappa shape index (κ3) is 5.02. The minimum atomic E-state index is -0.494. The number of rotatable bonds is 7. The lowest BCUT2D eigenvalue weighted by Crippen LogP contribution is -2.31. The summed E-state index contributed by atoms with van der Waals surface area (Å²) in [6, 6.07) is 11.2. The molecule has 0 saturated heterocycles. The Morgan fingerprint density at radius 2 is 1.94 bits per heavy atom. The SMILES string of the molecule is O=C(CSc1nc(=O)n(Cc2ccccn2)c2c1CCCC2)Nc1ccc([N+](=O)[O-])cc1. The molecule has 164 valence electrons. The second-order valence-corrected chi connectivity index (χ2v) is 8.34. The van der Waals surface area contributed by atoms with E-state index in [4.69, 9.17) is 0 Å². The molecule has 0 atom stereocenters. The molecule has 0 bridgehead atoms. The van der Waals surface area contributed by atoms with Crippen molar-refractivity contribution in [3.63, 3.8) is 0 Å². The number of non-ortho nitro benzene ring substituents is 1. The van der Waals surface area contributed by atoms with E-state index in [0.717, 1.165) is 42.6 Å². The van der Waals surface area contributed by atoms with Gasteiger partial charge in [-0.3, -0.25) is 24.5 Å². The maximum atomic E-state index is 12.8. The summed E-state index contributed by atoms with van der Waals surface area (Å²) in [5.41, 5.74) is 2.89. The van der Waals surface area contributed by atoms with E-state index in [1.165, 1.54) is 36.0 Å². The van der Waals surface area contributed by atoms with E-state index in [-0.39, 0.29) is 23.0 Å². The van der Waals surface area contributed by atoms with Crippen molar-refractivity contribution in [1.29, 1.82) is 0 Å². The van der Waals surface area contributed by atoms with E-state index >= 15 is 0 Å². The zero-order chi connectivity index (χ0) is 22.5. The van der Waals surface area contributed by atoms with Gasteiger partial charge in [0.25, 0.3) is 5.69 Å². The number of benzene rings is 1. The third-order valence-electron chi connectivity index (χ3n) is 5.20. The average molecular weight is 452 g/mol. The highest BCUT2D eigenvalue weighted by molar-refractivity contribution is 8.00. The number of hydrogen-bond acceptors (Lipinski definition) is 7. The quantitative estimate of drug-likeness (QED) is 0.253. The van der Waals surface area contributed by atoms with Crippen molar-refractivity contribution in [3.8, 4) is 0 Å². The first-order valence-electron chi connectivity index (χ1n) is 10.2. The maximum Gasteiger partial charge on any atom is 0.349 e. The first kappa shape index (κ1) is 21.7. The van der Waals surface area contributed by atoms with Crippen LogP contribution in [0.15, 0.2) is 58.5 Å². The predicted octanol–water partition coefficient (Wildman–Crippen LogP) is 3.20. The fourth-order valence-electron chi connectivity index (χ4n) is 3.68. The summed E-state index contributed by atoms with van der Waals surface area (Å²) in [5.74, 6) is -0.187. The van der Waals surface area contributed by atoms with E-state index in [1.54, 1.807) is 10.8 Å². The van der Waals surface area contributed by atoms with E-state index in [9.17, 15) is 19.7 Å². The van der Waals surface area contributed by atoms with Crippen LogP contribution in [0.4, 0.5) is 11.4 Å². The molecular formula is C22H21N5O4S. The fourth-order valence-corrected chi connectivity index (χ4v) is 4.56. The number of aromatic nitrogens is 3. The highest BCUT2D eigenvalue weighted by Gasteiger charge is 2.21. The molecular weight excluding hydrogens is 430 g/mol.